The lowest BCUT2D eigenvalue weighted by Gasteiger charge is -2.35. The summed E-state index contributed by atoms with van der Waals surface area (Å²) >= 11 is 0. The summed E-state index contributed by atoms with van der Waals surface area (Å²) in [5.41, 5.74) is 1.29. The number of benzene rings is 2. The maximum absolute atomic E-state index is 13.7. The summed E-state index contributed by atoms with van der Waals surface area (Å²) in [5.74, 6) is -0.191. The minimum absolute atomic E-state index is 0.00931. The van der Waals surface area contributed by atoms with Gasteiger partial charge in [-0.2, -0.15) is 0 Å². The molecule has 1 saturated heterocycles. The lowest BCUT2D eigenvalue weighted by molar-refractivity contribution is -0.384. The second-order valence-electron chi connectivity index (χ2n) is 5.52. The zero-order valence-corrected chi connectivity index (χ0v) is 12.6. The van der Waals surface area contributed by atoms with E-state index in [2.05, 4.69) is 11.0 Å². The highest BCUT2D eigenvalue weighted by molar-refractivity contribution is 5.62. The summed E-state index contributed by atoms with van der Waals surface area (Å²) in [5, 5.41) is 11.1. The van der Waals surface area contributed by atoms with Crippen LogP contribution in [0.25, 0.3) is 0 Å². The molecule has 1 aliphatic rings. The highest BCUT2D eigenvalue weighted by Crippen LogP contribution is 2.28. The normalized spacial score (nSPS) is 15.6. The number of rotatable bonds is 4. The fourth-order valence-corrected chi connectivity index (χ4v) is 2.84. The predicted molar refractivity (Wildman–Crippen MR) is 85.8 cm³/mol. The van der Waals surface area contributed by atoms with Crippen LogP contribution in [0.1, 0.15) is 5.56 Å². The number of hydrogen-bond acceptors (Lipinski definition) is 4. The number of halogens is 1. The lowest BCUT2D eigenvalue weighted by Crippen LogP contribution is -2.46. The molecule has 1 fully saturated rings. The van der Waals surface area contributed by atoms with Crippen LogP contribution >= 0.6 is 0 Å². The van der Waals surface area contributed by atoms with Crippen LogP contribution in [0.15, 0.2) is 42.5 Å². The van der Waals surface area contributed by atoms with Gasteiger partial charge in [0.25, 0.3) is 0 Å². The number of anilines is 1. The molecule has 0 amide bonds. The van der Waals surface area contributed by atoms with Gasteiger partial charge >= 0.3 is 5.69 Å². The van der Waals surface area contributed by atoms with Crippen molar-refractivity contribution < 1.29 is 9.31 Å². The van der Waals surface area contributed by atoms with Crippen molar-refractivity contribution in [2.24, 2.45) is 0 Å². The minimum Gasteiger partial charge on any atom is -0.363 e. The number of hydrogen-bond donors (Lipinski definition) is 0. The predicted octanol–water partition coefficient (Wildman–Crippen LogP) is 2.86. The van der Waals surface area contributed by atoms with E-state index in [0.717, 1.165) is 13.1 Å². The highest BCUT2D eigenvalue weighted by Gasteiger charge is 2.23. The Morgan fingerprint density at radius 3 is 2.57 bits per heavy atom. The van der Waals surface area contributed by atoms with E-state index in [0.29, 0.717) is 30.9 Å². The average molecular weight is 314 g/mol. The summed E-state index contributed by atoms with van der Waals surface area (Å²) in [4.78, 5) is 14.9. The third-order valence-electron chi connectivity index (χ3n) is 4.06. The number of nitrogens with zero attached hydrogens (tertiary/aromatic N) is 3. The SMILES string of the molecule is O=[N+]([O-])c1[c]cccc1N1CCN(Cc2ccccc2F)CC1. The summed E-state index contributed by atoms with van der Waals surface area (Å²) in [6, 6.07) is 14.5. The molecule has 5 nitrogen and oxygen atoms in total. The first-order chi connectivity index (χ1) is 11.1. The molecule has 1 heterocycles. The van der Waals surface area contributed by atoms with Crippen LogP contribution in [-0.4, -0.2) is 36.0 Å². The van der Waals surface area contributed by atoms with Crippen molar-refractivity contribution in [1.82, 2.24) is 4.90 Å². The Hall–Kier alpha value is -2.47. The van der Waals surface area contributed by atoms with Gasteiger partial charge in [-0.05, 0) is 18.2 Å². The molecule has 0 spiro atoms. The van der Waals surface area contributed by atoms with Gasteiger partial charge in [-0.1, -0.05) is 24.3 Å². The van der Waals surface area contributed by atoms with E-state index in [1.165, 1.54) is 6.07 Å². The third kappa shape index (κ3) is 3.48. The van der Waals surface area contributed by atoms with E-state index in [9.17, 15) is 14.5 Å². The molecule has 0 N–H and O–H groups in total. The van der Waals surface area contributed by atoms with Crippen LogP contribution in [0.2, 0.25) is 0 Å². The largest absolute Gasteiger partial charge is 0.363 e. The molecule has 1 radical (unpaired) electrons. The number of piperazine rings is 1. The Morgan fingerprint density at radius 1 is 1.13 bits per heavy atom. The highest BCUT2D eigenvalue weighted by atomic mass is 19.1. The number of nitro benzene ring substituents is 1. The van der Waals surface area contributed by atoms with Crippen molar-refractivity contribution in [3.63, 3.8) is 0 Å². The van der Waals surface area contributed by atoms with E-state index in [-0.39, 0.29) is 11.5 Å². The van der Waals surface area contributed by atoms with Gasteiger partial charge in [-0.25, -0.2) is 4.39 Å². The van der Waals surface area contributed by atoms with Crippen LogP contribution in [0.4, 0.5) is 15.8 Å². The van der Waals surface area contributed by atoms with E-state index in [1.54, 1.807) is 30.3 Å². The molecule has 119 valence electrons. The van der Waals surface area contributed by atoms with Crippen LogP contribution in [0.3, 0.4) is 0 Å². The zero-order valence-electron chi connectivity index (χ0n) is 12.6. The number of para-hydroxylation sites is 1. The molecule has 0 saturated carbocycles. The van der Waals surface area contributed by atoms with E-state index < -0.39 is 4.92 Å². The van der Waals surface area contributed by atoms with Crippen LogP contribution in [-0.2, 0) is 6.54 Å². The molecule has 3 rings (SSSR count). The molecule has 2 aromatic carbocycles. The van der Waals surface area contributed by atoms with Gasteiger partial charge in [0.15, 0.2) is 0 Å². The minimum atomic E-state index is -0.402. The molecule has 0 aliphatic carbocycles. The standard InChI is InChI=1S/C17H17FN3O2/c18-15-6-2-1-5-14(15)13-19-9-11-20(12-10-19)16-7-3-4-8-17(16)21(22)23/h1-7H,9-13H2. The average Bonchev–Trinajstić information content (AvgIpc) is 2.58. The van der Waals surface area contributed by atoms with E-state index in [1.807, 2.05) is 11.0 Å². The Labute approximate surface area is 134 Å². The van der Waals surface area contributed by atoms with Crippen molar-refractivity contribution in [3.05, 3.63) is 70.0 Å². The van der Waals surface area contributed by atoms with Crippen LogP contribution in [0, 0.1) is 22.0 Å². The molecule has 0 aromatic heterocycles. The third-order valence-corrected chi connectivity index (χ3v) is 4.06. The maximum atomic E-state index is 13.7. The quantitative estimate of drug-likeness (QED) is 0.643. The van der Waals surface area contributed by atoms with Crippen molar-refractivity contribution >= 4 is 11.4 Å². The Kier molecular flexibility index (Phi) is 4.52. The summed E-state index contributed by atoms with van der Waals surface area (Å²) in [6.45, 7) is 3.38. The van der Waals surface area contributed by atoms with Gasteiger partial charge < -0.3 is 4.90 Å². The summed E-state index contributed by atoms with van der Waals surface area (Å²) in [6.07, 6.45) is 0. The van der Waals surface area contributed by atoms with Gasteiger partial charge in [0.2, 0.25) is 0 Å². The van der Waals surface area contributed by atoms with E-state index in [4.69, 9.17) is 0 Å². The second-order valence-corrected chi connectivity index (χ2v) is 5.52. The Balaban J connectivity index is 1.65. The van der Waals surface area contributed by atoms with E-state index >= 15 is 0 Å². The molecule has 0 atom stereocenters. The molecular weight excluding hydrogens is 297 g/mol. The monoisotopic (exact) mass is 314 g/mol. The van der Waals surface area contributed by atoms with Crippen molar-refractivity contribution in [1.29, 1.82) is 0 Å². The Morgan fingerprint density at radius 2 is 1.87 bits per heavy atom. The van der Waals surface area contributed by atoms with Crippen molar-refractivity contribution in [2.45, 2.75) is 6.54 Å². The summed E-state index contributed by atoms with van der Waals surface area (Å²) in [7, 11) is 0. The fourth-order valence-electron chi connectivity index (χ4n) is 2.84. The van der Waals surface area contributed by atoms with Gasteiger partial charge in [-0.15, -0.1) is 0 Å². The first kappa shape index (κ1) is 15.4. The number of nitro groups is 1. The molecule has 6 heteroatoms. The van der Waals surface area contributed by atoms with Gasteiger partial charge in [0.1, 0.15) is 11.5 Å². The lowest BCUT2D eigenvalue weighted by atomic mass is 10.1. The van der Waals surface area contributed by atoms with Crippen molar-refractivity contribution in [2.75, 3.05) is 31.1 Å². The molecule has 0 unspecified atom stereocenters. The maximum Gasteiger partial charge on any atom is 0.300 e. The van der Waals surface area contributed by atoms with Crippen LogP contribution < -0.4 is 4.90 Å². The first-order valence-corrected chi connectivity index (χ1v) is 7.51. The van der Waals surface area contributed by atoms with Crippen molar-refractivity contribution in [3.8, 4) is 0 Å². The topological polar surface area (TPSA) is 49.6 Å². The fraction of sp³-hybridized carbons (Fsp3) is 0.294. The molecule has 1 aliphatic heterocycles. The molecular formula is C17H17FN3O2. The molecule has 2 aromatic rings. The van der Waals surface area contributed by atoms with Gasteiger partial charge in [0.05, 0.1) is 11.0 Å². The Bertz CT molecular complexity index is 700. The van der Waals surface area contributed by atoms with Crippen LogP contribution in [0.5, 0.6) is 0 Å². The smallest absolute Gasteiger partial charge is 0.300 e. The summed E-state index contributed by atoms with van der Waals surface area (Å²) < 4.78 is 13.7. The first-order valence-electron chi connectivity index (χ1n) is 7.51. The zero-order chi connectivity index (χ0) is 16.2. The molecule has 0 bridgehead atoms. The second kappa shape index (κ2) is 6.75. The molecule has 23 heavy (non-hydrogen) atoms. The van der Waals surface area contributed by atoms with Gasteiger partial charge in [-0.3, -0.25) is 15.0 Å². The van der Waals surface area contributed by atoms with Gasteiger partial charge in [0, 0.05) is 38.3 Å².